The van der Waals surface area contributed by atoms with Crippen molar-refractivity contribution >= 4 is 28.7 Å². The van der Waals surface area contributed by atoms with E-state index >= 15 is 4.39 Å². The van der Waals surface area contributed by atoms with E-state index in [2.05, 4.69) is 32.3 Å². The Hall–Kier alpha value is -4.07. The monoisotopic (exact) mass is 472 g/mol. The smallest absolute Gasteiger partial charge is 0.252 e. The number of nitrogens with one attached hydrogen (secondary N) is 2. The van der Waals surface area contributed by atoms with E-state index in [1.54, 1.807) is 23.9 Å². The molecule has 3 aromatic rings. The van der Waals surface area contributed by atoms with Gasteiger partial charge in [0, 0.05) is 29.7 Å². The van der Waals surface area contributed by atoms with E-state index in [0.29, 0.717) is 23.6 Å². The summed E-state index contributed by atoms with van der Waals surface area (Å²) in [4.78, 5) is 21.0. The highest BCUT2D eigenvalue weighted by atomic mass is 19.1. The number of halogens is 1. The van der Waals surface area contributed by atoms with E-state index < -0.39 is 5.83 Å². The normalized spacial score (nSPS) is 15.7. The second-order valence-corrected chi connectivity index (χ2v) is 8.56. The van der Waals surface area contributed by atoms with Gasteiger partial charge in [-0.25, -0.2) is 9.07 Å². The number of hydrogen-bond donors (Lipinski definition) is 2. The highest BCUT2D eigenvalue weighted by molar-refractivity contribution is 6.00. The van der Waals surface area contributed by atoms with Crippen LogP contribution in [0.5, 0.6) is 0 Å². The van der Waals surface area contributed by atoms with Crippen LogP contribution in [0, 0.1) is 13.8 Å². The number of carbonyl (C=O) groups is 1. The Morgan fingerprint density at radius 3 is 2.74 bits per heavy atom. The molecule has 2 N–H and O–H groups in total. The molecule has 7 nitrogen and oxygen atoms in total. The highest BCUT2D eigenvalue weighted by Gasteiger charge is 2.26. The molecule has 1 amide bonds. The SMILES string of the molecule is C=C(/C=C(F)\C(=C/C)c1nc(Nc2cc3c(cc2C)C(=O)NC3C)n(CC)n1)c1ccc(C)nc1. The lowest BCUT2D eigenvalue weighted by atomic mass is 10.0. The number of nitrogens with zero attached hydrogens (tertiary/aromatic N) is 4. The summed E-state index contributed by atoms with van der Waals surface area (Å²) in [5.41, 5.74) is 5.74. The van der Waals surface area contributed by atoms with Crippen molar-refractivity contribution in [3.8, 4) is 0 Å². The average Bonchev–Trinajstić information content (AvgIpc) is 3.34. The standard InChI is InChI=1S/C27H29FN6O/c1-7-20(23(28)12-15(3)19-10-9-17(5)29-14-19)25-32-27(34(8-2)33-25)31-24-13-21-18(6)30-26(35)22(21)11-16(24)4/h7,9-14,18H,3,8H2,1-2,4-6H3,(H,30,35)(H,31,32,33)/b20-7+,23-12+. The molecule has 0 saturated heterocycles. The molecule has 0 radical (unpaired) electrons. The van der Waals surface area contributed by atoms with E-state index in [-0.39, 0.29) is 23.3 Å². The van der Waals surface area contributed by atoms with Crippen molar-refractivity contribution in [1.82, 2.24) is 25.1 Å². The molecule has 0 saturated carbocycles. The lowest BCUT2D eigenvalue weighted by Crippen LogP contribution is -2.16. The van der Waals surface area contributed by atoms with Crippen molar-refractivity contribution in [3.05, 3.63) is 88.8 Å². The largest absolute Gasteiger partial charge is 0.345 e. The summed E-state index contributed by atoms with van der Waals surface area (Å²) in [5, 5.41) is 10.8. The molecule has 0 spiro atoms. The van der Waals surface area contributed by atoms with Gasteiger partial charge in [-0.2, -0.15) is 4.98 Å². The van der Waals surface area contributed by atoms with Gasteiger partial charge in [0.1, 0.15) is 5.83 Å². The fourth-order valence-electron chi connectivity index (χ4n) is 4.00. The lowest BCUT2D eigenvalue weighted by molar-refractivity contribution is 0.0958. The first-order valence-corrected chi connectivity index (χ1v) is 11.5. The van der Waals surface area contributed by atoms with Crippen molar-refractivity contribution in [2.24, 2.45) is 0 Å². The van der Waals surface area contributed by atoms with Crippen molar-refractivity contribution in [2.75, 3.05) is 5.32 Å². The third kappa shape index (κ3) is 4.77. The minimum absolute atomic E-state index is 0.0656. The number of carbonyl (C=O) groups excluding carboxylic acids is 1. The predicted molar refractivity (Wildman–Crippen MR) is 137 cm³/mol. The molecule has 2 aromatic heterocycles. The summed E-state index contributed by atoms with van der Waals surface area (Å²) in [6.45, 7) is 14.0. The second-order valence-electron chi connectivity index (χ2n) is 8.56. The zero-order valence-electron chi connectivity index (χ0n) is 20.6. The van der Waals surface area contributed by atoms with Gasteiger partial charge in [-0.1, -0.05) is 18.7 Å². The van der Waals surface area contributed by atoms with Crippen LogP contribution in [-0.4, -0.2) is 25.7 Å². The van der Waals surface area contributed by atoms with Gasteiger partial charge in [-0.15, -0.1) is 5.10 Å². The van der Waals surface area contributed by atoms with Crippen LogP contribution in [0.25, 0.3) is 11.1 Å². The molecule has 0 fully saturated rings. The van der Waals surface area contributed by atoms with Crippen molar-refractivity contribution in [3.63, 3.8) is 0 Å². The van der Waals surface area contributed by atoms with Gasteiger partial charge >= 0.3 is 0 Å². The van der Waals surface area contributed by atoms with E-state index in [0.717, 1.165) is 28.1 Å². The third-order valence-electron chi connectivity index (χ3n) is 6.04. The average molecular weight is 473 g/mol. The highest BCUT2D eigenvalue weighted by Crippen LogP contribution is 2.32. The molecular weight excluding hydrogens is 443 g/mol. The number of hydrogen-bond acceptors (Lipinski definition) is 5. The Labute approximate surface area is 204 Å². The van der Waals surface area contributed by atoms with Gasteiger partial charge in [0.25, 0.3) is 5.91 Å². The number of aromatic nitrogens is 4. The summed E-state index contributed by atoms with van der Waals surface area (Å²) in [6.07, 6.45) is 4.69. The molecule has 35 heavy (non-hydrogen) atoms. The van der Waals surface area contributed by atoms with Gasteiger partial charge in [-0.3, -0.25) is 9.78 Å². The number of benzene rings is 1. The number of rotatable bonds is 7. The summed E-state index contributed by atoms with van der Waals surface area (Å²) >= 11 is 0. The van der Waals surface area contributed by atoms with Gasteiger partial charge in [0.05, 0.1) is 11.6 Å². The van der Waals surface area contributed by atoms with Crippen LogP contribution in [-0.2, 0) is 6.54 Å². The molecule has 1 aliphatic heterocycles. The number of pyridine rings is 1. The van der Waals surface area contributed by atoms with Crippen molar-refractivity contribution in [1.29, 1.82) is 0 Å². The van der Waals surface area contributed by atoms with Gasteiger partial charge in [0.2, 0.25) is 5.95 Å². The van der Waals surface area contributed by atoms with E-state index in [4.69, 9.17) is 0 Å². The minimum Gasteiger partial charge on any atom is -0.345 e. The topological polar surface area (TPSA) is 84.7 Å². The minimum atomic E-state index is -0.481. The van der Waals surface area contributed by atoms with Crippen LogP contribution in [0.1, 0.15) is 65.4 Å². The van der Waals surface area contributed by atoms with Crippen LogP contribution in [0.3, 0.4) is 0 Å². The summed E-state index contributed by atoms with van der Waals surface area (Å²) in [5.74, 6) is 0.211. The zero-order valence-corrected chi connectivity index (χ0v) is 20.6. The molecular formula is C27H29FN6O. The quantitative estimate of drug-likeness (QED) is 0.423. The third-order valence-corrected chi connectivity index (χ3v) is 6.04. The Kier molecular flexibility index (Phi) is 6.64. The molecule has 1 aliphatic rings. The first kappa shape index (κ1) is 24.1. The van der Waals surface area contributed by atoms with Crippen LogP contribution in [0.15, 0.2) is 55.0 Å². The second kappa shape index (κ2) is 9.66. The fourth-order valence-corrected chi connectivity index (χ4v) is 4.00. The maximum atomic E-state index is 15.3. The molecule has 0 aliphatic carbocycles. The Balaban J connectivity index is 1.63. The molecule has 1 atom stereocenters. The van der Waals surface area contributed by atoms with Gasteiger partial charge in [0.15, 0.2) is 5.82 Å². The van der Waals surface area contributed by atoms with Gasteiger partial charge < -0.3 is 10.6 Å². The number of allylic oxidation sites excluding steroid dienone is 5. The summed E-state index contributed by atoms with van der Waals surface area (Å²) in [7, 11) is 0. The molecule has 1 unspecified atom stereocenters. The summed E-state index contributed by atoms with van der Waals surface area (Å²) < 4.78 is 17.0. The first-order valence-electron chi connectivity index (χ1n) is 11.5. The van der Waals surface area contributed by atoms with E-state index in [1.807, 2.05) is 52.0 Å². The van der Waals surface area contributed by atoms with Crippen LogP contribution >= 0.6 is 0 Å². The number of aryl methyl sites for hydroxylation is 3. The number of fused-ring (bicyclic) bond motifs is 1. The lowest BCUT2D eigenvalue weighted by Gasteiger charge is -2.12. The Morgan fingerprint density at radius 1 is 1.31 bits per heavy atom. The molecule has 8 heteroatoms. The Morgan fingerprint density at radius 2 is 2.09 bits per heavy atom. The number of anilines is 2. The molecule has 0 bridgehead atoms. The van der Waals surface area contributed by atoms with Crippen LogP contribution in [0.2, 0.25) is 0 Å². The molecule has 1 aromatic carbocycles. The molecule has 4 rings (SSSR count). The van der Waals surface area contributed by atoms with Crippen molar-refractivity contribution in [2.45, 2.75) is 47.2 Å². The predicted octanol–water partition coefficient (Wildman–Crippen LogP) is 5.83. The summed E-state index contributed by atoms with van der Waals surface area (Å²) in [6, 6.07) is 7.48. The number of amides is 1. The zero-order chi connectivity index (χ0) is 25.3. The first-order chi connectivity index (χ1) is 16.7. The van der Waals surface area contributed by atoms with E-state index in [1.165, 1.54) is 6.08 Å². The molecule has 3 heterocycles. The maximum Gasteiger partial charge on any atom is 0.252 e. The maximum absolute atomic E-state index is 15.3. The van der Waals surface area contributed by atoms with Crippen molar-refractivity contribution < 1.29 is 9.18 Å². The van der Waals surface area contributed by atoms with Crippen LogP contribution < -0.4 is 10.6 Å². The Bertz CT molecular complexity index is 1370. The molecule has 180 valence electrons. The van der Waals surface area contributed by atoms with Gasteiger partial charge in [-0.05, 0) is 81.2 Å². The fraction of sp³-hybridized carbons (Fsp3) is 0.259. The van der Waals surface area contributed by atoms with E-state index in [9.17, 15) is 4.79 Å². The van der Waals surface area contributed by atoms with Crippen LogP contribution in [0.4, 0.5) is 16.0 Å².